The van der Waals surface area contributed by atoms with Gasteiger partial charge in [0.1, 0.15) is 6.61 Å². The maximum Gasteiger partial charge on any atom is 0.252 e. The molecular formula is C20H28N2O3. The van der Waals surface area contributed by atoms with Crippen LogP contribution in [0.2, 0.25) is 0 Å². The van der Waals surface area contributed by atoms with Gasteiger partial charge in [-0.15, -0.1) is 0 Å². The number of hydrogen-bond acceptors (Lipinski definition) is 3. The second-order valence-electron chi connectivity index (χ2n) is 7.37. The molecule has 2 unspecified atom stereocenters. The Kier molecular flexibility index (Phi) is 5.13. The molecule has 0 radical (unpaired) electrons. The lowest BCUT2D eigenvalue weighted by Gasteiger charge is -2.40. The maximum atomic E-state index is 13.1. The molecule has 0 spiro atoms. The van der Waals surface area contributed by atoms with E-state index in [1.54, 1.807) is 11.9 Å². The molecule has 0 aromatic heterocycles. The van der Waals surface area contributed by atoms with Gasteiger partial charge in [-0.3, -0.25) is 9.59 Å². The van der Waals surface area contributed by atoms with Crippen molar-refractivity contribution in [2.24, 2.45) is 0 Å². The molecule has 2 amide bonds. The Hall–Kier alpha value is -1.88. The van der Waals surface area contributed by atoms with Crippen LogP contribution in [0.15, 0.2) is 24.3 Å². The molecule has 1 N–H and O–H groups in total. The summed E-state index contributed by atoms with van der Waals surface area (Å²) >= 11 is 0. The lowest BCUT2D eigenvalue weighted by atomic mass is 9.91. The number of amides is 2. The summed E-state index contributed by atoms with van der Waals surface area (Å²) in [6, 6.07) is 7.49. The number of rotatable bonds is 4. The van der Waals surface area contributed by atoms with Gasteiger partial charge >= 0.3 is 0 Å². The Morgan fingerprint density at radius 1 is 1.32 bits per heavy atom. The van der Waals surface area contributed by atoms with E-state index in [1.807, 2.05) is 31.2 Å². The Morgan fingerprint density at radius 2 is 2.00 bits per heavy atom. The summed E-state index contributed by atoms with van der Waals surface area (Å²) in [5.74, 6) is -0.195. The van der Waals surface area contributed by atoms with Gasteiger partial charge in [0.2, 0.25) is 5.91 Å². The van der Waals surface area contributed by atoms with Gasteiger partial charge in [-0.25, -0.2) is 0 Å². The third kappa shape index (κ3) is 3.43. The van der Waals surface area contributed by atoms with E-state index in [1.165, 1.54) is 0 Å². The Morgan fingerprint density at radius 3 is 2.64 bits per heavy atom. The Bertz CT molecular complexity index is 652. The fraction of sp³-hybridized carbons (Fsp3) is 0.600. The summed E-state index contributed by atoms with van der Waals surface area (Å²) in [4.78, 5) is 26.9. The zero-order valence-electron chi connectivity index (χ0n) is 15.4. The van der Waals surface area contributed by atoms with Crippen LogP contribution >= 0.6 is 0 Å². The molecule has 136 valence electrons. The summed E-state index contributed by atoms with van der Waals surface area (Å²) in [5.41, 5.74) is 1.91. The number of carbonyl (C=O) groups is 2. The van der Waals surface area contributed by atoms with E-state index in [2.05, 4.69) is 12.2 Å². The molecule has 2 fully saturated rings. The van der Waals surface area contributed by atoms with E-state index in [-0.39, 0.29) is 24.0 Å². The van der Waals surface area contributed by atoms with E-state index in [4.69, 9.17) is 4.74 Å². The van der Waals surface area contributed by atoms with E-state index in [0.29, 0.717) is 0 Å². The molecule has 1 saturated heterocycles. The highest BCUT2D eigenvalue weighted by molar-refractivity contribution is 5.86. The van der Waals surface area contributed by atoms with Gasteiger partial charge in [0.25, 0.3) is 5.91 Å². The molecule has 5 nitrogen and oxygen atoms in total. The van der Waals surface area contributed by atoms with Crippen molar-refractivity contribution in [1.82, 2.24) is 10.2 Å². The summed E-state index contributed by atoms with van der Waals surface area (Å²) in [7, 11) is 1.76. The number of benzene rings is 1. The first kappa shape index (κ1) is 17.9. The molecule has 3 rings (SSSR count). The lowest BCUT2D eigenvalue weighted by Crippen LogP contribution is -2.57. The van der Waals surface area contributed by atoms with Crippen LogP contribution in [0, 0.1) is 6.92 Å². The predicted molar refractivity (Wildman–Crippen MR) is 96.1 cm³/mol. The number of nitrogens with zero attached hydrogens (tertiary/aromatic N) is 1. The number of hydrogen-bond donors (Lipinski definition) is 1. The van der Waals surface area contributed by atoms with Crippen LogP contribution in [0.4, 0.5) is 0 Å². The van der Waals surface area contributed by atoms with E-state index in [0.717, 1.165) is 43.2 Å². The fourth-order valence-electron chi connectivity index (χ4n) is 4.17. The fourth-order valence-corrected chi connectivity index (χ4v) is 4.17. The van der Waals surface area contributed by atoms with Gasteiger partial charge < -0.3 is 15.0 Å². The van der Waals surface area contributed by atoms with Crippen molar-refractivity contribution in [2.75, 3.05) is 13.7 Å². The van der Waals surface area contributed by atoms with Gasteiger partial charge in [0, 0.05) is 12.6 Å². The van der Waals surface area contributed by atoms with Crippen LogP contribution in [0.25, 0.3) is 0 Å². The Labute approximate surface area is 149 Å². The normalized spacial score (nSPS) is 25.9. The first-order valence-corrected chi connectivity index (χ1v) is 9.22. The van der Waals surface area contributed by atoms with Crippen molar-refractivity contribution in [3.8, 4) is 0 Å². The van der Waals surface area contributed by atoms with Gasteiger partial charge in [0.15, 0.2) is 6.10 Å². The van der Waals surface area contributed by atoms with Crippen molar-refractivity contribution in [2.45, 2.75) is 63.6 Å². The molecule has 2 aliphatic rings. The molecule has 1 aromatic carbocycles. The molecule has 5 heteroatoms. The summed E-state index contributed by atoms with van der Waals surface area (Å²) in [6.07, 6.45) is 4.60. The van der Waals surface area contributed by atoms with Crippen LogP contribution in [0.3, 0.4) is 0 Å². The van der Waals surface area contributed by atoms with Crippen molar-refractivity contribution in [3.63, 3.8) is 0 Å². The second kappa shape index (κ2) is 7.16. The average Bonchev–Trinajstić information content (AvgIpc) is 3.07. The van der Waals surface area contributed by atoms with Crippen LogP contribution in [-0.4, -0.2) is 42.0 Å². The molecule has 1 aliphatic heterocycles. The molecule has 1 aromatic rings. The number of nitrogens with one attached hydrogen (secondary N) is 1. The SMILES string of the molecule is CCC1(NC(=O)C2OCC(=O)N(C)C2c2ccccc2C)CCCC1. The molecule has 1 saturated carbocycles. The monoisotopic (exact) mass is 344 g/mol. The van der Waals surface area contributed by atoms with Crippen molar-refractivity contribution in [1.29, 1.82) is 0 Å². The Balaban J connectivity index is 1.88. The highest BCUT2D eigenvalue weighted by Crippen LogP contribution is 2.35. The third-order valence-electron chi connectivity index (χ3n) is 5.88. The van der Waals surface area contributed by atoms with E-state index in [9.17, 15) is 9.59 Å². The summed E-state index contributed by atoms with van der Waals surface area (Å²) in [6.45, 7) is 4.08. The minimum Gasteiger partial charge on any atom is -0.356 e. The first-order valence-electron chi connectivity index (χ1n) is 9.22. The van der Waals surface area contributed by atoms with Crippen molar-refractivity contribution < 1.29 is 14.3 Å². The summed E-state index contributed by atoms with van der Waals surface area (Å²) < 4.78 is 5.74. The van der Waals surface area contributed by atoms with Gasteiger partial charge in [-0.05, 0) is 37.3 Å². The predicted octanol–water partition coefficient (Wildman–Crippen LogP) is 2.73. The zero-order valence-corrected chi connectivity index (χ0v) is 15.4. The molecule has 25 heavy (non-hydrogen) atoms. The largest absolute Gasteiger partial charge is 0.356 e. The molecule has 1 heterocycles. The smallest absolute Gasteiger partial charge is 0.252 e. The van der Waals surface area contributed by atoms with Gasteiger partial charge in [0.05, 0.1) is 6.04 Å². The molecular weight excluding hydrogens is 316 g/mol. The van der Waals surface area contributed by atoms with Gasteiger partial charge in [-0.2, -0.15) is 0 Å². The van der Waals surface area contributed by atoms with Crippen LogP contribution in [0.5, 0.6) is 0 Å². The standard InChI is InChI=1S/C20H28N2O3/c1-4-20(11-7-8-12-20)21-19(24)18-17(22(3)16(23)13-25-18)15-10-6-5-9-14(15)2/h5-6,9-10,17-18H,4,7-8,11-13H2,1-3H3,(H,21,24). The number of carbonyl (C=O) groups excluding carboxylic acids is 2. The molecule has 1 aliphatic carbocycles. The zero-order chi connectivity index (χ0) is 18.0. The molecule has 0 bridgehead atoms. The third-order valence-corrected chi connectivity index (χ3v) is 5.88. The minimum atomic E-state index is -0.673. The number of morpholine rings is 1. The van der Waals surface area contributed by atoms with Gasteiger partial charge in [-0.1, -0.05) is 44.0 Å². The number of likely N-dealkylation sites (N-methyl/N-ethyl adjacent to an activating group) is 1. The lowest BCUT2D eigenvalue weighted by molar-refractivity contribution is -0.163. The van der Waals surface area contributed by atoms with E-state index < -0.39 is 12.1 Å². The summed E-state index contributed by atoms with van der Waals surface area (Å²) in [5, 5.41) is 3.26. The van der Waals surface area contributed by atoms with Crippen molar-refractivity contribution in [3.05, 3.63) is 35.4 Å². The van der Waals surface area contributed by atoms with Crippen LogP contribution < -0.4 is 5.32 Å². The quantitative estimate of drug-likeness (QED) is 0.914. The maximum absolute atomic E-state index is 13.1. The van der Waals surface area contributed by atoms with Crippen molar-refractivity contribution >= 4 is 11.8 Å². The number of aryl methyl sites for hydroxylation is 1. The average molecular weight is 344 g/mol. The highest BCUT2D eigenvalue weighted by Gasteiger charge is 2.43. The first-order chi connectivity index (χ1) is 12.0. The topological polar surface area (TPSA) is 58.6 Å². The highest BCUT2D eigenvalue weighted by atomic mass is 16.5. The number of ether oxygens (including phenoxy) is 1. The second-order valence-corrected chi connectivity index (χ2v) is 7.37. The van der Waals surface area contributed by atoms with E-state index >= 15 is 0 Å². The molecule has 2 atom stereocenters. The van der Waals surface area contributed by atoms with Crippen LogP contribution in [-0.2, 0) is 14.3 Å². The van der Waals surface area contributed by atoms with Crippen LogP contribution in [0.1, 0.15) is 56.2 Å². The minimum absolute atomic E-state index is 0.0455.